The molecule has 1 aromatic carbocycles. The number of aliphatic imine (C=N–C) groups is 3. The molecule has 7 heteroatoms. The van der Waals surface area contributed by atoms with E-state index in [2.05, 4.69) is 58.6 Å². The summed E-state index contributed by atoms with van der Waals surface area (Å²) in [7, 11) is 0. The van der Waals surface area contributed by atoms with Gasteiger partial charge in [-0.3, -0.25) is 9.79 Å². The molecule has 2 rings (SSSR count). The van der Waals surface area contributed by atoms with Crippen molar-refractivity contribution in [1.82, 2.24) is 0 Å². The van der Waals surface area contributed by atoms with Gasteiger partial charge in [-0.25, -0.2) is 9.98 Å². The maximum absolute atomic E-state index is 9.00. The first-order chi connectivity index (χ1) is 12.2. The second kappa shape index (κ2) is 9.91. The molecule has 0 aliphatic carbocycles. The minimum atomic E-state index is -0.833. The van der Waals surface area contributed by atoms with Crippen LogP contribution in [0.3, 0.4) is 0 Å². The van der Waals surface area contributed by atoms with Crippen molar-refractivity contribution in [3.63, 3.8) is 0 Å². The fraction of sp³-hybridized carbons (Fsp3) is 0.368. The summed E-state index contributed by atoms with van der Waals surface area (Å²) in [6, 6.07) is 8.42. The van der Waals surface area contributed by atoms with Gasteiger partial charge in [0.05, 0.1) is 11.2 Å². The maximum Gasteiger partial charge on any atom is 0.300 e. The predicted octanol–water partition coefficient (Wildman–Crippen LogP) is 4.18. The molecule has 0 saturated heterocycles. The third-order valence-corrected chi connectivity index (χ3v) is 4.38. The summed E-state index contributed by atoms with van der Waals surface area (Å²) < 4.78 is 0. The highest BCUT2D eigenvalue weighted by atomic mass is 32.2. The number of rotatable bonds is 4. The molecule has 0 radical (unpaired) electrons. The Balaban J connectivity index is 0.000000765. The largest absolute Gasteiger partial charge is 0.481 e. The highest BCUT2D eigenvalue weighted by Gasteiger charge is 2.36. The van der Waals surface area contributed by atoms with Crippen LogP contribution in [-0.4, -0.2) is 42.0 Å². The third kappa shape index (κ3) is 6.15. The van der Waals surface area contributed by atoms with Crippen LogP contribution in [0, 0.1) is 0 Å². The fourth-order valence-corrected chi connectivity index (χ4v) is 2.68. The number of hydrogen-bond donors (Lipinski definition) is 1. The lowest BCUT2D eigenvalue weighted by Crippen LogP contribution is -2.27. The van der Waals surface area contributed by atoms with Gasteiger partial charge in [-0.15, -0.1) is 11.8 Å². The SMILES string of the molecule is C=N/C=C(/N=C\N=C(C)SC)N1CC(C)(C)c2ccccc21.CC(=O)O. The number of para-hydroxylation sites is 1. The van der Waals surface area contributed by atoms with E-state index in [0.29, 0.717) is 0 Å². The number of nitrogens with zero attached hydrogens (tertiary/aromatic N) is 4. The molecule has 1 heterocycles. The summed E-state index contributed by atoms with van der Waals surface area (Å²) in [5, 5.41) is 8.39. The number of benzene rings is 1. The summed E-state index contributed by atoms with van der Waals surface area (Å²) >= 11 is 1.60. The minimum absolute atomic E-state index is 0.0742. The molecule has 1 N–H and O–H groups in total. The quantitative estimate of drug-likeness (QED) is 0.633. The molecule has 140 valence electrons. The maximum atomic E-state index is 9.00. The fourth-order valence-electron chi connectivity index (χ4n) is 2.53. The second-order valence-corrected chi connectivity index (χ2v) is 7.27. The van der Waals surface area contributed by atoms with Crippen molar-refractivity contribution in [2.75, 3.05) is 17.7 Å². The monoisotopic (exact) mass is 374 g/mol. The first-order valence-electron chi connectivity index (χ1n) is 8.06. The number of anilines is 1. The van der Waals surface area contributed by atoms with Crippen LogP contribution in [0.5, 0.6) is 0 Å². The van der Waals surface area contributed by atoms with Crippen molar-refractivity contribution < 1.29 is 9.90 Å². The zero-order valence-electron chi connectivity index (χ0n) is 15.9. The zero-order chi connectivity index (χ0) is 19.7. The number of carboxylic acids is 1. The predicted molar refractivity (Wildman–Crippen MR) is 113 cm³/mol. The van der Waals surface area contributed by atoms with Crippen molar-refractivity contribution in [2.45, 2.75) is 33.1 Å². The Morgan fingerprint density at radius 1 is 1.35 bits per heavy atom. The van der Waals surface area contributed by atoms with Gasteiger partial charge in [-0.2, -0.15) is 0 Å². The van der Waals surface area contributed by atoms with Gasteiger partial charge in [-0.05, 0) is 31.5 Å². The Bertz CT molecular complexity index is 735. The van der Waals surface area contributed by atoms with Crippen molar-refractivity contribution in [3.8, 4) is 0 Å². The summed E-state index contributed by atoms with van der Waals surface area (Å²) in [5.41, 5.74) is 2.57. The van der Waals surface area contributed by atoms with E-state index in [1.807, 2.05) is 19.2 Å². The van der Waals surface area contributed by atoms with Crippen LogP contribution < -0.4 is 4.90 Å². The molecule has 1 aliphatic heterocycles. The van der Waals surface area contributed by atoms with Gasteiger partial charge < -0.3 is 10.0 Å². The average Bonchev–Trinajstić information content (AvgIpc) is 2.85. The van der Waals surface area contributed by atoms with Gasteiger partial charge in [0.2, 0.25) is 0 Å². The second-order valence-electron chi connectivity index (χ2n) is 6.27. The van der Waals surface area contributed by atoms with Gasteiger partial charge in [0, 0.05) is 24.6 Å². The third-order valence-electron chi connectivity index (χ3n) is 3.69. The van der Waals surface area contributed by atoms with Gasteiger partial charge in [0.25, 0.3) is 5.97 Å². The lowest BCUT2D eigenvalue weighted by atomic mass is 9.87. The van der Waals surface area contributed by atoms with Crippen molar-refractivity contribution in [2.24, 2.45) is 15.0 Å². The Morgan fingerprint density at radius 3 is 2.54 bits per heavy atom. The molecule has 1 aliphatic rings. The first kappa shape index (κ1) is 21.6. The molecule has 0 aromatic heterocycles. The molecule has 1 aromatic rings. The lowest BCUT2D eigenvalue weighted by molar-refractivity contribution is -0.134. The van der Waals surface area contributed by atoms with Crippen LogP contribution in [0.1, 0.15) is 33.3 Å². The molecular weight excluding hydrogens is 348 g/mol. The highest BCUT2D eigenvalue weighted by molar-refractivity contribution is 8.13. The standard InChI is InChI=1S/C17H22N4S.C2H4O2/c1-13(22-5)19-12-20-16(10-18-4)21-11-17(2,3)14-8-6-7-9-15(14)21;1-2(3)4/h6-10,12H,4,11H2,1-3,5H3;1H3,(H,3,4)/b16-10-,19-13?,20-12-;. The van der Waals surface area contributed by atoms with E-state index in [1.54, 1.807) is 24.3 Å². The molecule has 0 bridgehead atoms. The van der Waals surface area contributed by atoms with Crippen molar-refractivity contribution >= 4 is 41.5 Å². The Labute approximate surface area is 159 Å². The van der Waals surface area contributed by atoms with Crippen LogP contribution in [0.2, 0.25) is 0 Å². The Kier molecular flexibility index (Phi) is 8.25. The summed E-state index contributed by atoms with van der Waals surface area (Å²) in [4.78, 5) is 23.8. The summed E-state index contributed by atoms with van der Waals surface area (Å²) in [6.07, 6.45) is 5.25. The van der Waals surface area contributed by atoms with Crippen LogP contribution in [0.15, 0.2) is 51.3 Å². The molecule has 0 atom stereocenters. The van der Waals surface area contributed by atoms with E-state index in [9.17, 15) is 0 Å². The highest BCUT2D eigenvalue weighted by Crippen LogP contribution is 2.42. The molecular formula is C19H26N4O2S. The molecule has 0 saturated carbocycles. The topological polar surface area (TPSA) is 77.6 Å². The van der Waals surface area contributed by atoms with Crippen LogP contribution in [0.25, 0.3) is 0 Å². The molecule has 0 amide bonds. The molecule has 26 heavy (non-hydrogen) atoms. The number of aliphatic carboxylic acids is 1. The number of hydrogen-bond acceptors (Lipinski definition) is 5. The van der Waals surface area contributed by atoms with E-state index in [4.69, 9.17) is 9.90 Å². The van der Waals surface area contributed by atoms with Gasteiger partial charge in [-0.1, -0.05) is 32.0 Å². The normalized spacial score (nSPS) is 16.1. The smallest absolute Gasteiger partial charge is 0.300 e. The zero-order valence-corrected chi connectivity index (χ0v) is 16.7. The lowest BCUT2D eigenvalue weighted by Gasteiger charge is -2.22. The summed E-state index contributed by atoms with van der Waals surface area (Å²) in [5.74, 6) is -0.0781. The van der Waals surface area contributed by atoms with Gasteiger partial charge in [0.1, 0.15) is 6.34 Å². The van der Waals surface area contributed by atoms with E-state index >= 15 is 0 Å². The van der Waals surface area contributed by atoms with Gasteiger partial charge >= 0.3 is 0 Å². The Hall–Kier alpha value is -2.41. The number of fused-ring (bicyclic) bond motifs is 1. The molecule has 6 nitrogen and oxygen atoms in total. The molecule has 0 fully saturated rings. The van der Waals surface area contributed by atoms with E-state index in [1.165, 1.54) is 11.3 Å². The van der Waals surface area contributed by atoms with Crippen molar-refractivity contribution in [3.05, 3.63) is 41.8 Å². The van der Waals surface area contributed by atoms with Gasteiger partial charge in [0.15, 0.2) is 5.82 Å². The molecule has 0 unspecified atom stereocenters. The number of carboxylic acid groups (broad SMARTS) is 1. The van der Waals surface area contributed by atoms with E-state index in [-0.39, 0.29) is 5.41 Å². The van der Waals surface area contributed by atoms with Crippen molar-refractivity contribution in [1.29, 1.82) is 0 Å². The summed E-state index contributed by atoms with van der Waals surface area (Å²) in [6.45, 7) is 11.9. The van der Waals surface area contributed by atoms with Crippen LogP contribution in [0.4, 0.5) is 5.69 Å². The minimum Gasteiger partial charge on any atom is -0.481 e. The van der Waals surface area contributed by atoms with E-state index in [0.717, 1.165) is 24.3 Å². The Morgan fingerprint density at radius 2 is 1.96 bits per heavy atom. The first-order valence-corrected chi connectivity index (χ1v) is 9.29. The van der Waals surface area contributed by atoms with E-state index < -0.39 is 5.97 Å². The number of thioether (sulfide) groups is 1. The molecule has 0 spiro atoms. The average molecular weight is 375 g/mol. The van der Waals surface area contributed by atoms with Crippen LogP contribution in [-0.2, 0) is 10.2 Å². The van der Waals surface area contributed by atoms with Crippen LogP contribution >= 0.6 is 11.8 Å². The number of carbonyl (C=O) groups is 1.